The van der Waals surface area contributed by atoms with E-state index < -0.39 is 12.1 Å². The quantitative estimate of drug-likeness (QED) is 0.0321. The van der Waals surface area contributed by atoms with E-state index in [-0.39, 0.29) is 18.5 Å². The fraction of sp³-hybridized carbons (Fsp3) is 0.906. The maximum atomic E-state index is 12.5. The highest BCUT2D eigenvalue weighted by atomic mass is 16.5. The minimum Gasteiger partial charge on any atom is -0.466 e. The van der Waals surface area contributed by atoms with Gasteiger partial charge in [0.1, 0.15) is 0 Å². The van der Waals surface area contributed by atoms with Gasteiger partial charge in [-0.15, -0.1) is 0 Å². The molecule has 0 spiro atoms. The Morgan fingerprint density at radius 2 is 0.729 bits per heavy atom. The number of aliphatic hydroxyl groups is 2. The van der Waals surface area contributed by atoms with E-state index in [1.54, 1.807) is 0 Å². The topological polar surface area (TPSA) is 95.9 Å². The third-order valence-corrected chi connectivity index (χ3v) is 14.8. The first kappa shape index (κ1) is 68.3. The number of esters is 1. The minimum absolute atomic E-state index is 0.0113. The molecule has 2 unspecified atom stereocenters. The standard InChI is InChI=1S/C64H123NO5/c1-3-5-7-9-11-13-15-17-19-21-23-24-26-27-29-32-36-40-44-48-52-56-62(67)61(60-66)65-63(68)57-53-49-45-41-37-33-31-35-39-43-47-51-55-59-70-64(69)58-54-50-46-42-38-34-30-28-25-22-20-18-16-14-12-10-8-6-4-2/h33,37,45,49,61-62,66-67H,3-32,34-36,38-44,46-48,50-60H2,1-2H3,(H,65,68)/b37-33-,49-45-. The number of unbranched alkanes of at least 4 members (excludes halogenated alkanes) is 44. The van der Waals surface area contributed by atoms with Crippen molar-refractivity contribution in [1.29, 1.82) is 0 Å². The lowest BCUT2D eigenvalue weighted by molar-refractivity contribution is -0.143. The van der Waals surface area contributed by atoms with Gasteiger partial charge in [-0.1, -0.05) is 314 Å². The molecule has 6 nitrogen and oxygen atoms in total. The second-order valence-corrected chi connectivity index (χ2v) is 21.7. The van der Waals surface area contributed by atoms with Crippen LogP contribution in [0.4, 0.5) is 0 Å². The first-order valence-corrected chi connectivity index (χ1v) is 31.6. The summed E-state index contributed by atoms with van der Waals surface area (Å²) in [4.78, 5) is 24.6. The number of hydrogen-bond donors (Lipinski definition) is 3. The highest BCUT2D eigenvalue weighted by Gasteiger charge is 2.20. The van der Waals surface area contributed by atoms with Crippen molar-refractivity contribution in [2.24, 2.45) is 0 Å². The van der Waals surface area contributed by atoms with Crippen LogP contribution in [0.3, 0.4) is 0 Å². The molecule has 0 bridgehead atoms. The maximum Gasteiger partial charge on any atom is 0.305 e. The van der Waals surface area contributed by atoms with Crippen LogP contribution in [0.15, 0.2) is 24.3 Å². The molecule has 70 heavy (non-hydrogen) atoms. The van der Waals surface area contributed by atoms with E-state index in [9.17, 15) is 19.8 Å². The van der Waals surface area contributed by atoms with Gasteiger partial charge in [0.15, 0.2) is 0 Å². The van der Waals surface area contributed by atoms with Gasteiger partial charge in [0.05, 0.1) is 25.4 Å². The van der Waals surface area contributed by atoms with Gasteiger partial charge in [-0.25, -0.2) is 0 Å². The molecule has 0 aliphatic heterocycles. The largest absolute Gasteiger partial charge is 0.466 e. The summed E-state index contributed by atoms with van der Waals surface area (Å²) >= 11 is 0. The third kappa shape index (κ3) is 55.7. The molecule has 0 aliphatic carbocycles. The lowest BCUT2D eigenvalue weighted by atomic mass is 10.0. The Morgan fingerprint density at radius 1 is 0.400 bits per heavy atom. The van der Waals surface area contributed by atoms with E-state index in [1.165, 1.54) is 257 Å². The predicted molar refractivity (Wildman–Crippen MR) is 306 cm³/mol. The summed E-state index contributed by atoms with van der Waals surface area (Å²) in [7, 11) is 0. The molecule has 1 amide bonds. The molecular formula is C64H123NO5. The van der Waals surface area contributed by atoms with E-state index in [0.717, 1.165) is 51.4 Å². The van der Waals surface area contributed by atoms with Crippen molar-refractivity contribution in [3.63, 3.8) is 0 Å². The van der Waals surface area contributed by atoms with Gasteiger partial charge in [-0.3, -0.25) is 9.59 Å². The molecule has 0 saturated heterocycles. The molecule has 6 heteroatoms. The molecule has 0 rings (SSSR count). The number of allylic oxidation sites excluding steroid dienone is 4. The van der Waals surface area contributed by atoms with Crippen LogP contribution in [-0.2, 0) is 14.3 Å². The zero-order chi connectivity index (χ0) is 50.7. The summed E-state index contributed by atoms with van der Waals surface area (Å²) in [5.74, 6) is -0.123. The van der Waals surface area contributed by atoms with Gasteiger partial charge < -0.3 is 20.3 Å². The average Bonchev–Trinajstić information content (AvgIpc) is 3.36. The van der Waals surface area contributed by atoms with E-state index in [0.29, 0.717) is 32.3 Å². The van der Waals surface area contributed by atoms with Crippen molar-refractivity contribution < 1.29 is 24.5 Å². The lowest BCUT2D eigenvalue weighted by Gasteiger charge is -2.22. The second kappa shape index (κ2) is 59.9. The molecule has 0 saturated carbocycles. The SMILES string of the molecule is CCCCCCCCCCCCCCCCCCCCCCCC(O)C(CO)NC(=O)CC/C=C\C/C=C\CCCCCCCCOC(=O)CCCCCCCCCCCCCCCCCCCCC. The Labute approximate surface area is 437 Å². The van der Waals surface area contributed by atoms with Gasteiger partial charge in [-0.2, -0.15) is 0 Å². The van der Waals surface area contributed by atoms with Crippen molar-refractivity contribution >= 4 is 11.9 Å². The molecule has 0 aromatic heterocycles. The smallest absolute Gasteiger partial charge is 0.305 e. The Hall–Kier alpha value is -1.66. The monoisotopic (exact) mass is 986 g/mol. The van der Waals surface area contributed by atoms with Crippen LogP contribution in [-0.4, -0.2) is 47.4 Å². The van der Waals surface area contributed by atoms with Crippen molar-refractivity contribution in [2.45, 2.75) is 360 Å². The molecule has 0 fully saturated rings. The van der Waals surface area contributed by atoms with E-state index in [4.69, 9.17) is 4.74 Å². The highest BCUT2D eigenvalue weighted by molar-refractivity contribution is 5.76. The Balaban J connectivity index is 3.50. The lowest BCUT2D eigenvalue weighted by Crippen LogP contribution is -2.45. The maximum absolute atomic E-state index is 12.5. The Kier molecular flexibility index (Phi) is 58.5. The van der Waals surface area contributed by atoms with Gasteiger partial charge >= 0.3 is 5.97 Å². The van der Waals surface area contributed by atoms with E-state index in [2.05, 4.69) is 37.4 Å². The number of aliphatic hydroxyl groups excluding tert-OH is 2. The fourth-order valence-corrected chi connectivity index (χ4v) is 9.93. The second-order valence-electron chi connectivity index (χ2n) is 21.7. The van der Waals surface area contributed by atoms with E-state index in [1.807, 2.05) is 6.08 Å². The number of carbonyl (C=O) groups excluding carboxylic acids is 2. The van der Waals surface area contributed by atoms with Crippen LogP contribution >= 0.6 is 0 Å². The molecule has 0 radical (unpaired) electrons. The van der Waals surface area contributed by atoms with Crippen LogP contribution in [0.2, 0.25) is 0 Å². The van der Waals surface area contributed by atoms with Gasteiger partial charge in [-0.05, 0) is 44.9 Å². The number of ether oxygens (including phenoxy) is 1. The van der Waals surface area contributed by atoms with Crippen molar-refractivity contribution in [1.82, 2.24) is 5.32 Å². The van der Waals surface area contributed by atoms with Gasteiger partial charge in [0, 0.05) is 12.8 Å². The Bertz CT molecular complexity index is 1090. The first-order chi connectivity index (χ1) is 34.5. The van der Waals surface area contributed by atoms with Crippen LogP contribution < -0.4 is 5.32 Å². The zero-order valence-corrected chi connectivity index (χ0v) is 47.3. The number of amides is 1. The molecule has 0 heterocycles. The average molecular weight is 987 g/mol. The zero-order valence-electron chi connectivity index (χ0n) is 47.3. The van der Waals surface area contributed by atoms with E-state index >= 15 is 0 Å². The summed E-state index contributed by atoms with van der Waals surface area (Å²) in [5, 5.41) is 23.3. The molecule has 3 N–H and O–H groups in total. The van der Waals surface area contributed by atoms with Crippen LogP contribution in [0, 0.1) is 0 Å². The fourth-order valence-electron chi connectivity index (χ4n) is 9.93. The normalized spacial score (nSPS) is 12.7. The Morgan fingerprint density at radius 3 is 1.11 bits per heavy atom. The first-order valence-electron chi connectivity index (χ1n) is 31.6. The number of nitrogens with one attached hydrogen (secondary N) is 1. The molecular weight excluding hydrogens is 863 g/mol. The van der Waals surface area contributed by atoms with Crippen LogP contribution in [0.1, 0.15) is 348 Å². The van der Waals surface area contributed by atoms with Crippen molar-refractivity contribution in [2.75, 3.05) is 13.2 Å². The number of rotatable bonds is 59. The summed E-state index contributed by atoms with van der Waals surface area (Å²) in [6.45, 7) is 4.92. The number of carbonyl (C=O) groups is 2. The van der Waals surface area contributed by atoms with Gasteiger partial charge in [0.25, 0.3) is 0 Å². The summed E-state index contributed by atoms with van der Waals surface area (Å²) < 4.78 is 5.48. The molecule has 0 aliphatic rings. The molecule has 2 atom stereocenters. The molecule has 414 valence electrons. The van der Waals surface area contributed by atoms with Crippen LogP contribution in [0.25, 0.3) is 0 Å². The van der Waals surface area contributed by atoms with Crippen LogP contribution in [0.5, 0.6) is 0 Å². The summed E-state index contributed by atoms with van der Waals surface area (Å²) in [5.41, 5.74) is 0. The van der Waals surface area contributed by atoms with Gasteiger partial charge in [0.2, 0.25) is 5.91 Å². The molecule has 0 aromatic carbocycles. The minimum atomic E-state index is -0.700. The van der Waals surface area contributed by atoms with Crippen molar-refractivity contribution in [3.05, 3.63) is 24.3 Å². The summed E-state index contributed by atoms with van der Waals surface area (Å²) in [6, 6.07) is -0.586. The summed E-state index contributed by atoms with van der Waals surface area (Å²) in [6.07, 6.45) is 73.4. The highest BCUT2D eigenvalue weighted by Crippen LogP contribution is 2.18. The predicted octanol–water partition coefficient (Wildman–Crippen LogP) is 19.8. The molecule has 0 aromatic rings. The number of hydrogen-bond acceptors (Lipinski definition) is 5. The third-order valence-electron chi connectivity index (χ3n) is 14.8. The van der Waals surface area contributed by atoms with Crippen molar-refractivity contribution in [3.8, 4) is 0 Å².